The summed E-state index contributed by atoms with van der Waals surface area (Å²) in [5, 5.41) is 1.06. The largest absolute Gasteiger partial charge is 0.368 e. The molecule has 0 saturated carbocycles. The zero-order valence-electron chi connectivity index (χ0n) is 14.7. The van der Waals surface area contributed by atoms with E-state index >= 15 is 0 Å². The van der Waals surface area contributed by atoms with Crippen LogP contribution >= 0.6 is 35.8 Å². The summed E-state index contributed by atoms with van der Waals surface area (Å²) in [4.78, 5) is 16.9. The highest BCUT2D eigenvalue weighted by atomic mass is 35.5. The van der Waals surface area contributed by atoms with Crippen molar-refractivity contribution < 1.29 is 4.79 Å². The van der Waals surface area contributed by atoms with Gasteiger partial charge in [-0.05, 0) is 48.7 Å². The van der Waals surface area contributed by atoms with Crippen molar-refractivity contribution in [1.29, 1.82) is 0 Å². The van der Waals surface area contributed by atoms with Crippen LogP contribution in [0.1, 0.15) is 11.1 Å². The first-order valence-corrected chi connectivity index (χ1v) is 9.93. The molecule has 1 unspecified atom stereocenters. The van der Waals surface area contributed by atoms with Gasteiger partial charge >= 0.3 is 0 Å². The first kappa shape index (κ1) is 19.4. The van der Waals surface area contributed by atoms with Gasteiger partial charge in [-0.1, -0.05) is 41.4 Å². The maximum absolute atomic E-state index is 12.7. The second-order valence-corrected chi connectivity index (χ2v) is 8.09. The number of rotatable bonds is 4. The summed E-state index contributed by atoms with van der Waals surface area (Å²) in [5.41, 5.74) is 3.37. The molecule has 2 aromatic carbocycles. The predicted octanol–water partition coefficient (Wildman–Crippen LogP) is 4.49. The number of thiol groups is 1. The normalized spacial score (nSPS) is 15.8. The lowest BCUT2D eigenvalue weighted by atomic mass is 10.1. The lowest BCUT2D eigenvalue weighted by Gasteiger charge is -2.37. The third kappa shape index (κ3) is 4.67. The quantitative estimate of drug-likeness (QED) is 0.753. The number of nitrogens with zero attached hydrogens (tertiary/aromatic N) is 2. The number of hydrogen-bond acceptors (Lipinski definition) is 3. The fraction of sp³-hybridized carbons (Fsp3) is 0.350. The molecule has 1 aliphatic rings. The average Bonchev–Trinajstić information content (AvgIpc) is 2.63. The van der Waals surface area contributed by atoms with Crippen molar-refractivity contribution in [1.82, 2.24) is 4.90 Å². The Hall–Kier alpha value is -1.36. The molecule has 3 nitrogen and oxygen atoms in total. The maximum atomic E-state index is 12.7. The number of aryl methyl sites for hydroxylation is 1. The number of hydrogen-bond donors (Lipinski definition) is 1. The van der Waals surface area contributed by atoms with Gasteiger partial charge in [-0.25, -0.2) is 0 Å². The molecule has 3 rings (SSSR count). The fourth-order valence-electron chi connectivity index (χ4n) is 3.28. The Balaban J connectivity index is 1.58. The van der Waals surface area contributed by atoms with Crippen LogP contribution in [0.3, 0.4) is 0 Å². The Morgan fingerprint density at radius 2 is 1.77 bits per heavy atom. The standard InChI is InChI=1S/C20H22Cl2N2OS/c1-14-5-6-17(22)13-18(14)23-7-9-24(10-8-23)20(25)19(26)12-15-3-2-4-16(21)11-15/h2-6,11,13,19,26H,7-10,12H2,1H3. The number of halogens is 2. The van der Waals surface area contributed by atoms with Crippen molar-refractivity contribution in [3.63, 3.8) is 0 Å². The minimum atomic E-state index is -0.354. The fourth-order valence-corrected chi connectivity index (χ4v) is 4.03. The van der Waals surface area contributed by atoms with E-state index in [9.17, 15) is 4.79 Å². The molecule has 6 heteroatoms. The molecule has 1 saturated heterocycles. The Labute approximate surface area is 170 Å². The lowest BCUT2D eigenvalue weighted by molar-refractivity contribution is -0.130. The highest BCUT2D eigenvalue weighted by Gasteiger charge is 2.26. The zero-order valence-corrected chi connectivity index (χ0v) is 17.1. The lowest BCUT2D eigenvalue weighted by Crippen LogP contribution is -2.51. The van der Waals surface area contributed by atoms with Crippen molar-refractivity contribution in [3.8, 4) is 0 Å². The van der Waals surface area contributed by atoms with Gasteiger partial charge in [0.1, 0.15) is 0 Å². The van der Waals surface area contributed by atoms with Crippen molar-refractivity contribution in [2.24, 2.45) is 0 Å². The first-order chi connectivity index (χ1) is 12.4. The van der Waals surface area contributed by atoms with E-state index < -0.39 is 0 Å². The highest BCUT2D eigenvalue weighted by Crippen LogP contribution is 2.25. The van der Waals surface area contributed by atoms with Gasteiger partial charge < -0.3 is 9.80 Å². The van der Waals surface area contributed by atoms with Gasteiger partial charge in [0.2, 0.25) is 5.91 Å². The van der Waals surface area contributed by atoms with E-state index in [0.29, 0.717) is 24.5 Å². The van der Waals surface area contributed by atoms with Crippen molar-refractivity contribution in [3.05, 3.63) is 63.6 Å². The Bertz CT molecular complexity index is 791. The van der Waals surface area contributed by atoms with Crippen LogP contribution in [-0.4, -0.2) is 42.2 Å². The summed E-state index contributed by atoms with van der Waals surface area (Å²) in [6.07, 6.45) is 0.579. The molecular weight excluding hydrogens is 387 g/mol. The highest BCUT2D eigenvalue weighted by molar-refractivity contribution is 7.81. The molecule has 1 atom stereocenters. The Morgan fingerprint density at radius 3 is 2.46 bits per heavy atom. The van der Waals surface area contributed by atoms with E-state index in [1.165, 1.54) is 5.56 Å². The van der Waals surface area contributed by atoms with E-state index in [-0.39, 0.29) is 11.2 Å². The second-order valence-electron chi connectivity index (χ2n) is 6.59. The Kier molecular flexibility index (Phi) is 6.38. The summed E-state index contributed by atoms with van der Waals surface area (Å²) in [6.45, 7) is 5.06. The maximum Gasteiger partial charge on any atom is 0.235 e. The van der Waals surface area contributed by atoms with E-state index in [2.05, 4.69) is 24.5 Å². The van der Waals surface area contributed by atoms with Crippen molar-refractivity contribution in [2.45, 2.75) is 18.6 Å². The van der Waals surface area contributed by atoms with Gasteiger partial charge in [0, 0.05) is 41.9 Å². The summed E-state index contributed by atoms with van der Waals surface area (Å²) in [7, 11) is 0. The monoisotopic (exact) mass is 408 g/mol. The van der Waals surface area contributed by atoms with Gasteiger partial charge in [-0.3, -0.25) is 4.79 Å². The number of amides is 1. The molecular formula is C20H22Cl2N2OS. The average molecular weight is 409 g/mol. The molecule has 1 fully saturated rings. The summed E-state index contributed by atoms with van der Waals surface area (Å²) >= 11 is 16.7. The van der Waals surface area contributed by atoms with E-state index in [4.69, 9.17) is 23.2 Å². The zero-order chi connectivity index (χ0) is 18.7. The summed E-state index contributed by atoms with van der Waals surface area (Å²) < 4.78 is 0. The molecule has 138 valence electrons. The number of piperazine rings is 1. The van der Waals surface area contributed by atoms with E-state index in [1.54, 1.807) is 0 Å². The van der Waals surface area contributed by atoms with Crippen LogP contribution in [0.2, 0.25) is 10.0 Å². The molecule has 1 amide bonds. The van der Waals surface area contributed by atoms with Gasteiger partial charge in [-0.15, -0.1) is 0 Å². The molecule has 0 spiro atoms. The van der Waals surface area contributed by atoms with Crippen LogP contribution in [-0.2, 0) is 11.2 Å². The summed E-state index contributed by atoms with van der Waals surface area (Å²) in [6, 6.07) is 13.5. The first-order valence-electron chi connectivity index (χ1n) is 8.66. The van der Waals surface area contributed by atoms with Crippen LogP contribution in [0.15, 0.2) is 42.5 Å². The van der Waals surface area contributed by atoms with Crippen LogP contribution in [0.4, 0.5) is 5.69 Å². The van der Waals surface area contributed by atoms with Crippen LogP contribution in [0.25, 0.3) is 0 Å². The Morgan fingerprint density at radius 1 is 1.08 bits per heavy atom. The minimum absolute atomic E-state index is 0.0794. The van der Waals surface area contributed by atoms with Crippen molar-refractivity contribution in [2.75, 3.05) is 31.1 Å². The van der Waals surface area contributed by atoms with Gasteiger partial charge in [-0.2, -0.15) is 12.6 Å². The van der Waals surface area contributed by atoms with Crippen molar-refractivity contribution >= 4 is 47.4 Å². The third-order valence-corrected chi connectivity index (χ3v) is 5.58. The van der Waals surface area contributed by atoms with E-state index in [0.717, 1.165) is 29.4 Å². The number of carbonyl (C=O) groups is 1. The summed E-state index contributed by atoms with van der Waals surface area (Å²) in [5.74, 6) is 0.0794. The number of anilines is 1. The van der Waals surface area contributed by atoms with Gasteiger partial charge in [0.25, 0.3) is 0 Å². The molecule has 2 aromatic rings. The third-order valence-electron chi connectivity index (χ3n) is 4.71. The van der Waals surface area contributed by atoms with Crippen LogP contribution < -0.4 is 4.90 Å². The van der Waals surface area contributed by atoms with Gasteiger partial charge in [0.05, 0.1) is 5.25 Å². The molecule has 1 aliphatic heterocycles. The van der Waals surface area contributed by atoms with Crippen LogP contribution in [0, 0.1) is 6.92 Å². The molecule has 0 aromatic heterocycles. The number of carbonyl (C=O) groups excluding carboxylic acids is 1. The predicted molar refractivity (Wildman–Crippen MR) is 113 cm³/mol. The van der Waals surface area contributed by atoms with Crippen LogP contribution in [0.5, 0.6) is 0 Å². The second kappa shape index (κ2) is 8.55. The SMILES string of the molecule is Cc1ccc(Cl)cc1N1CCN(C(=O)C(S)Cc2cccc(Cl)c2)CC1. The minimum Gasteiger partial charge on any atom is -0.368 e. The molecule has 1 heterocycles. The smallest absolute Gasteiger partial charge is 0.235 e. The topological polar surface area (TPSA) is 23.6 Å². The molecule has 0 radical (unpaired) electrons. The number of benzene rings is 2. The molecule has 0 N–H and O–H groups in total. The molecule has 0 aliphatic carbocycles. The van der Waals surface area contributed by atoms with E-state index in [1.807, 2.05) is 47.4 Å². The van der Waals surface area contributed by atoms with Gasteiger partial charge in [0.15, 0.2) is 0 Å². The molecule has 26 heavy (non-hydrogen) atoms. The molecule has 0 bridgehead atoms.